The molecule has 1 atom stereocenters. The van der Waals surface area contributed by atoms with Crippen LogP contribution in [0.4, 0.5) is 5.69 Å². The molecule has 1 aliphatic heterocycles. The average molecular weight is 368 g/mol. The van der Waals surface area contributed by atoms with Crippen molar-refractivity contribution in [3.8, 4) is 0 Å². The molecule has 2 aromatic rings. The van der Waals surface area contributed by atoms with Gasteiger partial charge in [-0.3, -0.25) is 9.59 Å². The Morgan fingerprint density at radius 1 is 1.07 bits per heavy atom. The molecule has 3 N–H and O–H groups in total. The van der Waals surface area contributed by atoms with Crippen LogP contribution in [-0.4, -0.2) is 48.3 Å². The molecule has 0 fully saturated rings. The number of fused-ring (bicyclic) bond motifs is 1. The van der Waals surface area contributed by atoms with Gasteiger partial charge in [0.2, 0.25) is 11.8 Å². The smallest absolute Gasteiger partial charge is 0.238 e. The molecule has 0 unspecified atom stereocenters. The minimum atomic E-state index is -1.02. The SMILES string of the molecule is CN1C(=O)[C@@](CC(=O)NC(CO)CO)(Cc2ccccc2)c2ccccc21. The molecule has 0 spiro atoms. The summed E-state index contributed by atoms with van der Waals surface area (Å²) in [5, 5.41) is 21.1. The topological polar surface area (TPSA) is 89.9 Å². The Morgan fingerprint density at radius 3 is 2.37 bits per heavy atom. The van der Waals surface area contributed by atoms with Crippen molar-refractivity contribution in [2.75, 3.05) is 25.2 Å². The molecule has 0 aliphatic carbocycles. The highest BCUT2D eigenvalue weighted by Gasteiger charge is 2.50. The standard InChI is InChI=1S/C21H24N2O4/c1-23-18-10-6-5-9-17(18)21(20(23)27,11-15-7-3-2-4-8-15)12-19(26)22-16(13-24)14-25/h2-10,16,24-25H,11-14H2,1H3,(H,22,26)/t21-/m1/s1. The maximum absolute atomic E-state index is 13.3. The fourth-order valence-corrected chi connectivity index (χ4v) is 3.77. The van der Waals surface area contributed by atoms with E-state index in [1.165, 1.54) is 0 Å². The van der Waals surface area contributed by atoms with Crippen LogP contribution in [-0.2, 0) is 21.4 Å². The Kier molecular flexibility index (Phi) is 5.58. The zero-order valence-corrected chi connectivity index (χ0v) is 15.3. The molecule has 2 aromatic carbocycles. The van der Waals surface area contributed by atoms with Gasteiger partial charge in [0.1, 0.15) is 0 Å². The van der Waals surface area contributed by atoms with Gasteiger partial charge in [-0.05, 0) is 23.6 Å². The second-order valence-electron chi connectivity index (χ2n) is 6.93. The van der Waals surface area contributed by atoms with Gasteiger partial charge in [0.15, 0.2) is 0 Å². The fraction of sp³-hybridized carbons (Fsp3) is 0.333. The molecule has 6 nitrogen and oxygen atoms in total. The molecule has 2 amide bonds. The largest absolute Gasteiger partial charge is 0.394 e. The number of nitrogens with zero attached hydrogens (tertiary/aromatic N) is 1. The average Bonchev–Trinajstić information content (AvgIpc) is 2.89. The molecule has 0 bridgehead atoms. The number of para-hydroxylation sites is 1. The van der Waals surface area contributed by atoms with Crippen molar-refractivity contribution in [2.24, 2.45) is 0 Å². The lowest BCUT2D eigenvalue weighted by Crippen LogP contribution is -2.47. The van der Waals surface area contributed by atoms with Crippen molar-refractivity contribution in [2.45, 2.75) is 24.3 Å². The van der Waals surface area contributed by atoms with Crippen LogP contribution in [0.25, 0.3) is 0 Å². The highest BCUT2D eigenvalue weighted by molar-refractivity contribution is 6.09. The van der Waals surface area contributed by atoms with E-state index in [-0.39, 0.29) is 31.4 Å². The highest BCUT2D eigenvalue weighted by Crippen LogP contribution is 2.45. The number of nitrogens with one attached hydrogen (secondary N) is 1. The third-order valence-corrected chi connectivity index (χ3v) is 5.11. The number of hydrogen-bond acceptors (Lipinski definition) is 4. The molecule has 1 heterocycles. The van der Waals surface area contributed by atoms with E-state index in [2.05, 4.69) is 5.32 Å². The Labute approximate surface area is 158 Å². The zero-order valence-electron chi connectivity index (χ0n) is 15.3. The maximum atomic E-state index is 13.3. The molecule has 0 aromatic heterocycles. The Bertz CT molecular complexity index is 820. The van der Waals surface area contributed by atoms with Crippen molar-refractivity contribution >= 4 is 17.5 Å². The number of anilines is 1. The van der Waals surface area contributed by atoms with Crippen molar-refractivity contribution in [1.82, 2.24) is 5.32 Å². The number of carbonyl (C=O) groups excluding carboxylic acids is 2. The van der Waals surface area contributed by atoms with E-state index in [1.807, 2.05) is 54.6 Å². The second-order valence-corrected chi connectivity index (χ2v) is 6.93. The van der Waals surface area contributed by atoms with Gasteiger partial charge in [-0.25, -0.2) is 0 Å². The lowest BCUT2D eigenvalue weighted by Gasteiger charge is -2.29. The van der Waals surface area contributed by atoms with Gasteiger partial charge in [-0.15, -0.1) is 0 Å². The van der Waals surface area contributed by atoms with E-state index in [4.69, 9.17) is 0 Å². The second kappa shape index (κ2) is 7.90. The first-order chi connectivity index (χ1) is 13.0. The van der Waals surface area contributed by atoms with Gasteiger partial charge in [-0.1, -0.05) is 48.5 Å². The Morgan fingerprint density at radius 2 is 1.70 bits per heavy atom. The molecule has 0 radical (unpaired) electrons. The van der Waals surface area contributed by atoms with Crippen LogP contribution in [0.5, 0.6) is 0 Å². The van der Waals surface area contributed by atoms with E-state index >= 15 is 0 Å². The molecule has 27 heavy (non-hydrogen) atoms. The van der Waals surface area contributed by atoms with Crippen LogP contribution in [0.3, 0.4) is 0 Å². The van der Waals surface area contributed by atoms with Crippen molar-refractivity contribution in [1.29, 1.82) is 0 Å². The lowest BCUT2D eigenvalue weighted by atomic mass is 9.73. The molecule has 3 rings (SSSR count). The maximum Gasteiger partial charge on any atom is 0.238 e. The van der Waals surface area contributed by atoms with E-state index < -0.39 is 11.5 Å². The minimum absolute atomic E-state index is 0.0570. The summed E-state index contributed by atoms with van der Waals surface area (Å²) in [6, 6.07) is 16.4. The van der Waals surface area contributed by atoms with Gasteiger partial charge >= 0.3 is 0 Å². The van der Waals surface area contributed by atoms with Gasteiger partial charge in [-0.2, -0.15) is 0 Å². The van der Waals surface area contributed by atoms with Gasteiger partial charge in [0.25, 0.3) is 0 Å². The zero-order chi connectivity index (χ0) is 19.4. The van der Waals surface area contributed by atoms with Crippen LogP contribution in [0.2, 0.25) is 0 Å². The third kappa shape index (κ3) is 3.59. The number of aliphatic hydroxyl groups excluding tert-OH is 2. The number of likely N-dealkylation sites (N-methyl/N-ethyl adjacent to an activating group) is 1. The van der Waals surface area contributed by atoms with Gasteiger partial charge < -0.3 is 20.4 Å². The minimum Gasteiger partial charge on any atom is -0.394 e. The highest BCUT2D eigenvalue weighted by atomic mass is 16.3. The van der Waals surface area contributed by atoms with Crippen LogP contribution >= 0.6 is 0 Å². The molecule has 6 heteroatoms. The normalized spacial score (nSPS) is 18.7. The Hall–Kier alpha value is -2.70. The van der Waals surface area contributed by atoms with Crippen molar-refractivity contribution in [3.05, 3.63) is 65.7 Å². The van der Waals surface area contributed by atoms with Crippen LogP contribution in [0, 0.1) is 0 Å². The molecular weight excluding hydrogens is 344 g/mol. The Balaban J connectivity index is 2.00. The fourth-order valence-electron chi connectivity index (χ4n) is 3.77. The number of hydrogen-bond donors (Lipinski definition) is 3. The summed E-state index contributed by atoms with van der Waals surface area (Å²) < 4.78 is 0. The van der Waals surface area contributed by atoms with E-state index in [1.54, 1.807) is 11.9 Å². The number of carbonyl (C=O) groups is 2. The first-order valence-electron chi connectivity index (χ1n) is 8.94. The van der Waals surface area contributed by atoms with E-state index in [0.29, 0.717) is 6.42 Å². The predicted octanol–water partition coefficient (Wildman–Crippen LogP) is 1.00. The molecule has 0 saturated carbocycles. The van der Waals surface area contributed by atoms with Crippen LogP contribution in [0.15, 0.2) is 54.6 Å². The number of rotatable bonds is 7. The number of benzene rings is 2. The molecule has 142 valence electrons. The first kappa shape index (κ1) is 19.1. The van der Waals surface area contributed by atoms with Crippen molar-refractivity contribution in [3.63, 3.8) is 0 Å². The lowest BCUT2D eigenvalue weighted by molar-refractivity contribution is -0.130. The number of aliphatic hydroxyl groups is 2. The summed E-state index contributed by atoms with van der Waals surface area (Å²) in [6.45, 7) is -0.725. The first-order valence-corrected chi connectivity index (χ1v) is 8.94. The predicted molar refractivity (Wildman–Crippen MR) is 102 cm³/mol. The molecule has 1 aliphatic rings. The summed E-state index contributed by atoms with van der Waals surface area (Å²) in [4.78, 5) is 27.6. The van der Waals surface area contributed by atoms with Crippen LogP contribution in [0.1, 0.15) is 17.5 Å². The monoisotopic (exact) mass is 368 g/mol. The molecule has 0 saturated heterocycles. The summed E-state index contributed by atoms with van der Waals surface area (Å²) in [5.41, 5.74) is 1.56. The number of amides is 2. The summed E-state index contributed by atoms with van der Waals surface area (Å²) in [5.74, 6) is -0.510. The van der Waals surface area contributed by atoms with Crippen LogP contribution < -0.4 is 10.2 Å². The quantitative estimate of drug-likeness (QED) is 0.680. The molecular formula is C21H24N2O4. The van der Waals surface area contributed by atoms with Gasteiger partial charge in [0.05, 0.1) is 24.7 Å². The summed E-state index contributed by atoms with van der Waals surface area (Å²) in [6.07, 6.45) is 0.336. The van der Waals surface area contributed by atoms with Crippen molar-refractivity contribution < 1.29 is 19.8 Å². The van der Waals surface area contributed by atoms with Gasteiger partial charge in [0, 0.05) is 19.2 Å². The van der Waals surface area contributed by atoms with E-state index in [0.717, 1.165) is 16.8 Å². The summed E-state index contributed by atoms with van der Waals surface area (Å²) in [7, 11) is 1.72. The summed E-state index contributed by atoms with van der Waals surface area (Å²) >= 11 is 0. The van der Waals surface area contributed by atoms with E-state index in [9.17, 15) is 19.8 Å². The third-order valence-electron chi connectivity index (χ3n) is 5.11.